The van der Waals surface area contributed by atoms with E-state index in [1.54, 1.807) is 4.90 Å². The molecule has 3 rings (SSSR count). The highest BCUT2D eigenvalue weighted by atomic mass is 16.2. The standard InChI is InChI=1S/C19H23N5O/c1-2-16-6-7-17(13-20)24(16)19(25)14-22-15-8-11-23(12-9-15)18-5-3-4-10-21-18/h1,3-5,10,15-17,22H,6-9,11-12,14H2/t16-,17-/m0/s1. The summed E-state index contributed by atoms with van der Waals surface area (Å²) in [6.07, 6.45) is 10.6. The summed E-state index contributed by atoms with van der Waals surface area (Å²) in [5.41, 5.74) is 0. The van der Waals surface area contributed by atoms with Gasteiger partial charge in [0.2, 0.25) is 5.91 Å². The zero-order valence-electron chi connectivity index (χ0n) is 14.3. The van der Waals surface area contributed by atoms with Gasteiger partial charge in [-0.1, -0.05) is 12.0 Å². The zero-order chi connectivity index (χ0) is 17.6. The van der Waals surface area contributed by atoms with Crippen molar-refractivity contribution in [1.29, 1.82) is 5.26 Å². The number of nitrogens with zero attached hydrogens (tertiary/aromatic N) is 4. The lowest BCUT2D eigenvalue weighted by Gasteiger charge is -2.33. The fourth-order valence-corrected chi connectivity index (χ4v) is 3.63. The molecule has 130 valence electrons. The van der Waals surface area contributed by atoms with Crippen molar-refractivity contribution < 1.29 is 4.79 Å². The predicted octanol–water partition coefficient (Wildman–Crippen LogP) is 1.16. The largest absolute Gasteiger partial charge is 0.357 e. The first-order valence-electron chi connectivity index (χ1n) is 8.79. The van der Waals surface area contributed by atoms with Crippen LogP contribution in [-0.2, 0) is 4.79 Å². The smallest absolute Gasteiger partial charge is 0.238 e. The van der Waals surface area contributed by atoms with Crippen LogP contribution in [-0.4, -0.2) is 53.6 Å². The Balaban J connectivity index is 1.48. The summed E-state index contributed by atoms with van der Waals surface area (Å²) in [5, 5.41) is 12.6. The normalized spacial score (nSPS) is 23.9. The highest BCUT2D eigenvalue weighted by Gasteiger charge is 2.35. The van der Waals surface area contributed by atoms with Crippen molar-refractivity contribution in [3.8, 4) is 18.4 Å². The number of carbonyl (C=O) groups is 1. The van der Waals surface area contributed by atoms with Gasteiger partial charge in [0, 0.05) is 25.3 Å². The van der Waals surface area contributed by atoms with Crippen LogP contribution in [0.25, 0.3) is 0 Å². The molecule has 25 heavy (non-hydrogen) atoms. The van der Waals surface area contributed by atoms with E-state index in [0.717, 1.165) is 31.7 Å². The zero-order valence-corrected chi connectivity index (χ0v) is 14.3. The van der Waals surface area contributed by atoms with Crippen molar-refractivity contribution in [1.82, 2.24) is 15.2 Å². The minimum absolute atomic E-state index is 0.0702. The van der Waals surface area contributed by atoms with Crippen LogP contribution in [0.5, 0.6) is 0 Å². The number of carbonyl (C=O) groups excluding carboxylic acids is 1. The Kier molecular flexibility index (Phi) is 5.53. The van der Waals surface area contributed by atoms with Crippen molar-refractivity contribution in [2.24, 2.45) is 0 Å². The number of hydrogen-bond donors (Lipinski definition) is 1. The van der Waals surface area contributed by atoms with Crippen molar-refractivity contribution in [2.75, 3.05) is 24.5 Å². The van der Waals surface area contributed by atoms with Gasteiger partial charge in [-0.3, -0.25) is 4.79 Å². The number of likely N-dealkylation sites (tertiary alicyclic amines) is 1. The summed E-state index contributed by atoms with van der Waals surface area (Å²) < 4.78 is 0. The Labute approximate surface area is 148 Å². The van der Waals surface area contributed by atoms with Gasteiger partial charge < -0.3 is 15.1 Å². The second-order valence-corrected chi connectivity index (χ2v) is 6.54. The predicted molar refractivity (Wildman–Crippen MR) is 95.6 cm³/mol. The maximum atomic E-state index is 12.5. The van der Waals surface area contributed by atoms with Gasteiger partial charge in [-0.15, -0.1) is 6.42 Å². The number of hydrogen-bond acceptors (Lipinski definition) is 5. The monoisotopic (exact) mass is 337 g/mol. The molecule has 1 N–H and O–H groups in total. The number of nitriles is 1. The van der Waals surface area contributed by atoms with Crippen molar-refractivity contribution in [3.05, 3.63) is 24.4 Å². The number of terminal acetylenes is 1. The van der Waals surface area contributed by atoms with Crippen molar-refractivity contribution in [2.45, 2.75) is 43.8 Å². The van der Waals surface area contributed by atoms with Gasteiger partial charge in [0.05, 0.1) is 18.7 Å². The van der Waals surface area contributed by atoms with Crippen LogP contribution < -0.4 is 10.2 Å². The third kappa shape index (κ3) is 3.92. The second-order valence-electron chi connectivity index (χ2n) is 6.54. The van der Waals surface area contributed by atoms with E-state index in [9.17, 15) is 10.1 Å². The van der Waals surface area contributed by atoms with Gasteiger partial charge in [0.1, 0.15) is 11.9 Å². The number of piperidine rings is 1. The van der Waals surface area contributed by atoms with Gasteiger partial charge >= 0.3 is 0 Å². The number of rotatable bonds is 4. The molecule has 0 unspecified atom stereocenters. The molecule has 0 saturated carbocycles. The molecule has 0 radical (unpaired) electrons. The SMILES string of the molecule is C#C[C@H]1CC[C@@H](C#N)N1C(=O)CNC1CCN(c2ccccn2)CC1. The van der Waals surface area contributed by atoms with Crippen LogP contribution in [0.2, 0.25) is 0 Å². The van der Waals surface area contributed by atoms with Gasteiger partial charge in [-0.05, 0) is 37.8 Å². The molecule has 2 atom stereocenters. The molecule has 0 spiro atoms. The lowest BCUT2D eigenvalue weighted by Crippen LogP contribution is -2.49. The van der Waals surface area contributed by atoms with E-state index in [0.29, 0.717) is 18.9 Å². The Hall–Kier alpha value is -2.57. The first kappa shape index (κ1) is 17.3. The first-order valence-corrected chi connectivity index (χ1v) is 8.79. The molecule has 1 aromatic rings. The Morgan fingerprint density at radius 3 is 2.68 bits per heavy atom. The maximum absolute atomic E-state index is 12.5. The third-order valence-corrected chi connectivity index (χ3v) is 5.02. The minimum atomic E-state index is -0.388. The molecule has 3 heterocycles. The molecule has 2 aliphatic rings. The molecule has 1 aromatic heterocycles. The van der Waals surface area contributed by atoms with E-state index in [1.165, 1.54) is 0 Å². The van der Waals surface area contributed by atoms with Crippen LogP contribution in [0.4, 0.5) is 5.82 Å². The summed E-state index contributed by atoms with van der Waals surface area (Å²) in [6.45, 7) is 2.07. The Morgan fingerprint density at radius 1 is 1.28 bits per heavy atom. The number of pyridine rings is 1. The molecule has 2 aliphatic heterocycles. The van der Waals surface area contributed by atoms with Crippen molar-refractivity contribution >= 4 is 11.7 Å². The molecule has 6 nitrogen and oxygen atoms in total. The van der Waals surface area contributed by atoms with Crippen LogP contribution in [0.15, 0.2) is 24.4 Å². The number of amides is 1. The average Bonchev–Trinajstić information content (AvgIpc) is 3.10. The van der Waals surface area contributed by atoms with E-state index in [-0.39, 0.29) is 24.5 Å². The van der Waals surface area contributed by atoms with E-state index in [2.05, 4.69) is 27.2 Å². The van der Waals surface area contributed by atoms with Crippen LogP contribution in [0.1, 0.15) is 25.7 Å². The summed E-state index contributed by atoms with van der Waals surface area (Å²) in [4.78, 5) is 20.7. The lowest BCUT2D eigenvalue weighted by molar-refractivity contribution is -0.131. The van der Waals surface area contributed by atoms with E-state index < -0.39 is 0 Å². The molecule has 2 saturated heterocycles. The van der Waals surface area contributed by atoms with E-state index >= 15 is 0 Å². The van der Waals surface area contributed by atoms with Gasteiger partial charge in [0.15, 0.2) is 0 Å². The molecule has 2 fully saturated rings. The second kappa shape index (κ2) is 8.00. The molecule has 0 aromatic carbocycles. The van der Waals surface area contributed by atoms with Gasteiger partial charge in [-0.2, -0.15) is 5.26 Å². The molecule has 1 amide bonds. The quantitative estimate of drug-likeness (QED) is 0.835. The number of anilines is 1. The van der Waals surface area contributed by atoms with Crippen molar-refractivity contribution in [3.63, 3.8) is 0 Å². The maximum Gasteiger partial charge on any atom is 0.238 e. The molecule has 0 aliphatic carbocycles. The van der Waals surface area contributed by atoms with Crippen LogP contribution >= 0.6 is 0 Å². The summed E-state index contributed by atoms with van der Waals surface area (Å²) in [5.74, 6) is 3.57. The highest BCUT2D eigenvalue weighted by Crippen LogP contribution is 2.23. The fraction of sp³-hybridized carbons (Fsp3) is 0.526. The van der Waals surface area contributed by atoms with Crippen LogP contribution in [0.3, 0.4) is 0 Å². The van der Waals surface area contributed by atoms with E-state index in [4.69, 9.17) is 6.42 Å². The van der Waals surface area contributed by atoms with Crippen LogP contribution in [0, 0.1) is 23.7 Å². The molecule has 0 bridgehead atoms. The average molecular weight is 337 g/mol. The molecular formula is C19H23N5O. The number of nitrogens with one attached hydrogen (secondary N) is 1. The van der Waals surface area contributed by atoms with Gasteiger partial charge in [-0.25, -0.2) is 4.98 Å². The van der Waals surface area contributed by atoms with E-state index in [1.807, 2.05) is 24.4 Å². The summed E-state index contributed by atoms with van der Waals surface area (Å²) in [7, 11) is 0. The lowest BCUT2D eigenvalue weighted by atomic mass is 10.0. The first-order chi connectivity index (χ1) is 12.2. The highest BCUT2D eigenvalue weighted by molar-refractivity contribution is 5.80. The Morgan fingerprint density at radius 2 is 2.04 bits per heavy atom. The fourth-order valence-electron chi connectivity index (χ4n) is 3.63. The minimum Gasteiger partial charge on any atom is -0.357 e. The van der Waals surface area contributed by atoms with Gasteiger partial charge in [0.25, 0.3) is 0 Å². The summed E-state index contributed by atoms with van der Waals surface area (Å²) in [6, 6.07) is 7.79. The third-order valence-electron chi connectivity index (χ3n) is 5.02. The molecule has 6 heteroatoms. The number of aromatic nitrogens is 1. The Bertz CT molecular complexity index is 647. The molecular weight excluding hydrogens is 314 g/mol. The topological polar surface area (TPSA) is 72.3 Å². The summed E-state index contributed by atoms with van der Waals surface area (Å²) >= 11 is 0.